The summed E-state index contributed by atoms with van der Waals surface area (Å²) in [5.41, 5.74) is 1.14. The van der Waals surface area contributed by atoms with Crippen LogP contribution in [0.2, 0.25) is 0 Å². The van der Waals surface area contributed by atoms with Gasteiger partial charge in [-0.2, -0.15) is 0 Å². The van der Waals surface area contributed by atoms with E-state index in [1.807, 2.05) is 12.1 Å². The monoisotopic (exact) mass is 368 g/mol. The first-order chi connectivity index (χ1) is 9.92. The van der Waals surface area contributed by atoms with Gasteiger partial charge in [-0.1, -0.05) is 41.9 Å². The lowest BCUT2D eigenvalue weighted by molar-refractivity contribution is 0.601. The van der Waals surface area contributed by atoms with Crippen LogP contribution in [0.3, 0.4) is 0 Å². The summed E-state index contributed by atoms with van der Waals surface area (Å²) >= 11 is 3.28. The van der Waals surface area contributed by atoms with Crippen LogP contribution in [-0.4, -0.2) is 13.4 Å². The van der Waals surface area contributed by atoms with E-state index in [1.54, 1.807) is 24.3 Å². The largest absolute Gasteiger partial charge is 0.263 e. The van der Waals surface area contributed by atoms with Crippen LogP contribution in [0.1, 0.15) is 31.7 Å². The smallest absolute Gasteiger partial charge is 0.263 e. The van der Waals surface area contributed by atoms with Crippen molar-refractivity contribution in [2.75, 3.05) is 4.72 Å². The fraction of sp³-hybridized carbons (Fsp3) is 0.267. The molecule has 0 fully saturated rings. The quantitative estimate of drug-likeness (QED) is 0.861. The molecule has 0 saturated heterocycles. The van der Waals surface area contributed by atoms with Crippen molar-refractivity contribution < 1.29 is 8.42 Å². The highest BCUT2D eigenvalue weighted by atomic mass is 79.9. The number of anilines is 1. The van der Waals surface area contributed by atoms with Gasteiger partial charge in [-0.15, -0.1) is 0 Å². The van der Waals surface area contributed by atoms with Gasteiger partial charge >= 0.3 is 0 Å². The van der Waals surface area contributed by atoms with E-state index in [9.17, 15) is 8.42 Å². The maximum Gasteiger partial charge on any atom is 0.263 e. The molecule has 0 aliphatic heterocycles. The fourth-order valence-corrected chi connectivity index (χ4v) is 3.20. The van der Waals surface area contributed by atoms with Gasteiger partial charge < -0.3 is 0 Å². The predicted molar refractivity (Wildman–Crippen MR) is 87.9 cm³/mol. The first kappa shape index (κ1) is 16.0. The maximum atomic E-state index is 12.3. The van der Waals surface area contributed by atoms with Gasteiger partial charge in [-0.05, 0) is 42.2 Å². The molecule has 2 rings (SSSR count). The lowest BCUT2D eigenvalue weighted by Crippen LogP contribution is -2.14. The zero-order valence-electron chi connectivity index (χ0n) is 11.9. The summed E-state index contributed by atoms with van der Waals surface area (Å²) in [4.78, 5) is 4.22. The molecule has 6 heteroatoms. The molecule has 21 heavy (non-hydrogen) atoms. The topological polar surface area (TPSA) is 59.1 Å². The van der Waals surface area contributed by atoms with Crippen LogP contribution in [0, 0.1) is 0 Å². The normalized spacial score (nSPS) is 12.9. The van der Waals surface area contributed by atoms with Crippen molar-refractivity contribution in [3.8, 4) is 0 Å². The number of aromatic nitrogens is 1. The first-order valence-corrected chi connectivity index (χ1v) is 8.94. The number of rotatable bonds is 5. The summed E-state index contributed by atoms with van der Waals surface area (Å²) < 4.78 is 27.8. The van der Waals surface area contributed by atoms with E-state index in [1.165, 1.54) is 6.20 Å². The molecule has 112 valence electrons. The van der Waals surface area contributed by atoms with Crippen molar-refractivity contribution in [3.63, 3.8) is 0 Å². The second-order valence-corrected chi connectivity index (χ2v) is 7.44. The lowest BCUT2D eigenvalue weighted by atomic mass is 9.99. The second-order valence-electron chi connectivity index (χ2n) is 4.84. The Labute approximate surface area is 133 Å². The number of sulfonamides is 1. The molecular weight excluding hydrogens is 352 g/mol. The molecule has 1 aromatic carbocycles. The Morgan fingerprint density at radius 2 is 1.90 bits per heavy atom. The number of halogens is 1. The van der Waals surface area contributed by atoms with Crippen molar-refractivity contribution in [1.29, 1.82) is 0 Å². The van der Waals surface area contributed by atoms with Crippen molar-refractivity contribution in [1.82, 2.24) is 4.98 Å². The summed E-state index contributed by atoms with van der Waals surface area (Å²) in [6.07, 6.45) is 2.56. The molecular formula is C15H17BrN2O2S. The zero-order chi connectivity index (χ0) is 15.5. The van der Waals surface area contributed by atoms with Gasteiger partial charge in [0.05, 0.1) is 4.90 Å². The van der Waals surface area contributed by atoms with Crippen LogP contribution in [0.15, 0.2) is 52.0 Å². The molecule has 1 heterocycles. The molecule has 1 aromatic heterocycles. The summed E-state index contributed by atoms with van der Waals surface area (Å²) in [6, 6.07) is 10.3. The average Bonchev–Trinajstić information content (AvgIpc) is 2.46. The third-order valence-electron chi connectivity index (χ3n) is 3.33. The van der Waals surface area contributed by atoms with Crippen molar-refractivity contribution in [2.45, 2.75) is 31.1 Å². The molecule has 0 spiro atoms. The maximum absolute atomic E-state index is 12.3. The molecule has 1 N–H and O–H groups in total. The number of nitrogens with zero attached hydrogens (tertiary/aromatic N) is 1. The van der Waals surface area contributed by atoms with Crippen LogP contribution in [0.25, 0.3) is 0 Å². The minimum atomic E-state index is -3.61. The number of benzene rings is 1. The minimum Gasteiger partial charge on any atom is -0.263 e. The first-order valence-electron chi connectivity index (χ1n) is 6.66. The molecule has 0 aliphatic carbocycles. The second kappa shape index (κ2) is 6.58. The molecule has 0 bridgehead atoms. The molecule has 0 aliphatic rings. The number of hydrogen-bond donors (Lipinski definition) is 1. The predicted octanol–water partition coefficient (Wildman–Crippen LogP) is 4.16. The highest BCUT2D eigenvalue weighted by Crippen LogP contribution is 2.22. The lowest BCUT2D eigenvalue weighted by Gasteiger charge is -2.11. The summed E-state index contributed by atoms with van der Waals surface area (Å²) in [5.74, 6) is 0.705. The van der Waals surface area contributed by atoms with Crippen molar-refractivity contribution in [3.05, 3.63) is 52.6 Å². The van der Waals surface area contributed by atoms with Crippen LogP contribution < -0.4 is 4.72 Å². The van der Waals surface area contributed by atoms with E-state index < -0.39 is 10.0 Å². The van der Waals surface area contributed by atoms with Crippen molar-refractivity contribution >= 4 is 31.8 Å². The molecule has 2 aromatic rings. The Kier molecular flexibility index (Phi) is 5.00. The summed E-state index contributed by atoms with van der Waals surface area (Å²) in [6.45, 7) is 4.23. The summed E-state index contributed by atoms with van der Waals surface area (Å²) in [7, 11) is -3.61. The van der Waals surface area contributed by atoms with E-state index in [0.29, 0.717) is 5.92 Å². The van der Waals surface area contributed by atoms with Crippen LogP contribution in [-0.2, 0) is 10.0 Å². The minimum absolute atomic E-state index is 0.233. The number of hydrogen-bond acceptors (Lipinski definition) is 3. The third-order valence-corrected chi connectivity index (χ3v) is 5.20. The van der Waals surface area contributed by atoms with Gasteiger partial charge in [0, 0.05) is 10.7 Å². The highest BCUT2D eigenvalue weighted by molar-refractivity contribution is 9.10. The Hall–Kier alpha value is -1.40. The zero-order valence-corrected chi connectivity index (χ0v) is 14.3. The Balaban J connectivity index is 2.23. The van der Waals surface area contributed by atoms with E-state index >= 15 is 0 Å². The van der Waals surface area contributed by atoms with Gasteiger partial charge in [-0.25, -0.2) is 13.4 Å². The number of nitrogens with one attached hydrogen (secondary N) is 1. The van der Waals surface area contributed by atoms with E-state index in [4.69, 9.17) is 0 Å². The van der Waals surface area contributed by atoms with Crippen LogP contribution >= 0.6 is 15.9 Å². The number of pyridine rings is 1. The Morgan fingerprint density at radius 1 is 1.24 bits per heavy atom. The Bertz CT molecular complexity index is 715. The van der Waals surface area contributed by atoms with Gasteiger partial charge in [-0.3, -0.25) is 4.72 Å². The van der Waals surface area contributed by atoms with Gasteiger partial charge in [0.1, 0.15) is 5.82 Å². The highest BCUT2D eigenvalue weighted by Gasteiger charge is 2.15. The van der Waals surface area contributed by atoms with E-state index in [0.717, 1.165) is 16.5 Å². The fourth-order valence-electron chi connectivity index (χ4n) is 1.87. The van der Waals surface area contributed by atoms with E-state index in [-0.39, 0.29) is 10.7 Å². The summed E-state index contributed by atoms with van der Waals surface area (Å²) in [5, 5.41) is 0. The molecule has 0 radical (unpaired) electrons. The van der Waals surface area contributed by atoms with Crippen LogP contribution in [0.4, 0.5) is 5.82 Å². The van der Waals surface area contributed by atoms with Crippen LogP contribution in [0.5, 0.6) is 0 Å². The van der Waals surface area contributed by atoms with E-state index in [2.05, 4.69) is 39.5 Å². The molecule has 0 amide bonds. The molecule has 4 nitrogen and oxygen atoms in total. The van der Waals surface area contributed by atoms with Crippen molar-refractivity contribution in [2.24, 2.45) is 0 Å². The Morgan fingerprint density at radius 3 is 2.48 bits per heavy atom. The average molecular weight is 369 g/mol. The molecule has 1 unspecified atom stereocenters. The standard InChI is InChI=1S/C15H17BrN2O2S/c1-3-11(2)12-4-6-14(7-5-12)21(19,20)18-15-10-13(16)8-9-17-15/h4-11H,3H2,1-2H3,(H,17,18). The third kappa shape index (κ3) is 4.04. The molecule has 0 saturated carbocycles. The molecule has 1 atom stereocenters. The van der Waals surface area contributed by atoms with Gasteiger partial charge in [0.2, 0.25) is 0 Å². The SMILES string of the molecule is CCC(C)c1ccc(S(=O)(=O)Nc2cc(Br)ccn2)cc1. The van der Waals surface area contributed by atoms with Gasteiger partial charge in [0.15, 0.2) is 0 Å². The van der Waals surface area contributed by atoms with Gasteiger partial charge in [0.25, 0.3) is 10.0 Å².